The lowest BCUT2D eigenvalue weighted by Gasteiger charge is -2.34. The van der Waals surface area contributed by atoms with Crippen LogP contribution in [-0.4, -0.2) is 51.9 Å². The van der Waals surface area contributed by atoms with Gasteiger partial charge in [0.2, 0.25) is 5.95 Å². The topological polar surface area (TPSA) is 62.2 Å². The molecule has 0 saturated carbocycles. The van der Waals surface area contributed by atoms with Gasteiger partial charge in [0.25, 0.3) is 5.91 Å². The number of aryl methyl sites for hydroxylation is 1. The molecule has 3 heterocycles. The Kier molecular flexibility index (Phi) is 4.56. The second kappa shape index (κ2) is 6.66. The molecular formula is C16H16F3N5O. The molecule has 9 heteroatoms. The van der Waals surface area contributed by atoms with Gasteiger partial charge < -0.3 is 9.80 Å². The van der Waals surface area contributed by atoms with Gasteiger partial charge in [-0.15, -0.1) is 0 Å². The number of aromatic nitrogens is 3. The highest BCUT2D eigenvalue weighted by molar-refractivity contribution is 5.95. The zero-order chi connectivity index (χ0) is 18.0. The fourth-order valence-electron chi connectivity index (χ4n) is 2.68. The molecule has 2 aromatic rings. The number of alkyl halides is 3. The zero-order valence-electron chi connectivity index (χ0n) is 13.5. The van der Waals surface area contributed by atoms with Crippen LogP contribution in [0.2, 0.25) is 0 Å². The predicted molar refractivity (Wildman–Crippen MR) is 84.1 cm³/mol. The lowest BCUT2D eigenvalue weighted by molar-refractivity contribution is -0.141. The SMILES string of the molecule is Cc1nc(C(F)(F)F)ccc1C(=O)N1CCN(c2ncccn2)CC1. The molecule has 2 aromatic heterocycles. The number of rotatable bonds is 2. The van der Waals surface area contributed by atoms with E-state index in [1.54, 1.807) is 23.4 Å². The zero-order valence-corrected chi connectivity index (χ0v) is 13.5. The van der Waals surface area contributed by atoms with Crippen molar-refractivity contribution in [3.8, 4) is 0 Å². The van der Waals surface area contributed by atoms with Crippen molar-refractivity contribution in [2.45, 2.75) is 13.1 Å². The van der Waals surface area contributed by atoms with E-state index in [4.69, 9.17) is 0 Å². The first kappa shape index (κ1) is 17.1. The van der Waals surface area contributed by atoms with Crippen LogP contribution < -0.4 is 4.90 Å². The number of carbonyl (C=O) groups excluding carboxylic acids is 1. The van der Waals surface area contributed by atoms with Gasteiger partial charge in [0.15, 0.2) is 0 Å². The maximum atomic E-state index is 12.7. The van der Waals surface area contributed by atoms with Gasteiger partial charge in [-0.25, -0.2) is 15.0 Å². The van der Waals surface area contributed by atoms with Crippen molar-refractivity contribution < 1.29 is 18.0 Å². The van der Waals surface area contributed by atoms with Gasteiger partial charge in [-0.05, 0) is 25.1 Å². The van der Waals surface area contributed by atoms with Crippen LogP contribution in [0.1, 0.15) is 21.7 Å². The summed E-state index contributed by atoms with van der Waals surface area (Å²) in [5.41, 5.74) is -0.723. The number of anilines is 1. The van der Waals surface area contributed by atoms with Crippen LogP contribution in [0.15, 0.2) is 30.6 Å². The second-order valence-electron chi connectivity index (χ2n) is 5.66. The molecule has 6 nitrogen and oxygen atoms in total. The van der Waals surface area contributed by atoms with E-state index in [1.165, 1.54) is 13.0 Å². The first-order valence-corrected chi connectivity index (χ1v) is 7.72. The lowest BCUT2D eigenvalue weighted by atomic mass is 10.1. The smallest absolute Gasteiger partial charge is 0.337 e. The molecule has 0 aromatic carbocycles. The van der Waals surface area contributed by atoms with Gasteiger partial charge in [0.1, 0.15) is 5.69 Å². The third kappa shape index (κ3) is 3.70. The predicted octanol–water partition coefficient (Wildman–Crippen LogP) is 2.16. The molecule has 0 aliphatic carbocycles. The molecule has 0 bridgehead atoms. The number of amides is 1. The second-order valence-corrected chi connectivity index (χ2v) is 5.66. The minimum Gasteiger partial charge on any atom is -0.337 e. The molecule has 1 aliphatic heterocycles. The highest BCUT2D eigenvalue weighted by Gasteiger charge is 2.33. The van der Waals surface area contributed by atoms with Crippen LogP contribution in [0.4, 0.5) is 19.1 Å². The summed E-state index contributed by atoms with van der Waals surface area (Å²) < 4.78 is 38.1. The first-order valence-electron chi connectivity index (χ1n) is 7.72. The quantitative estimate of drug-likeness (QED) is 0.830. The summed E-state index contributed by atoms with van der Waals surface area (Å²) in [5.74, 6) is 0.286. The highest BCUT2D eigenvalue weighted by Crippen LogP contribution is 2.28. The Morgan fingerprint density at radius 1 is 1.08 bits per heavy atom. The Hall–Kier alpha value is -2.71. The summed E-state index contributed by atoms with van der Waals surface area (Å²) in [6, 6.07) is 3.76. The standard InChI is InChI=1S/C16H16F3N5O/c1-11-12(3-4-13(22-11)16(17,18)19)14(25)23-7-9-24(10-8-23)15-20-5-2-6-21-15/h2-6H,7-10H2,1H3. The van der Waals surface area contributed by atoms with E-state index >= 15 is 0 Å². The summed E-state index contributed by atoms with van der Waals surface area (Å²) in [4.78, 5) is 28.0. The largest absolute Gasteiger partial charge is 0.433 e. The molecule has 0 radical (unpaired) electrons. The van der Waals surface area contributed by atoms with E-state index in [-0.39, 0.29) is 17.2 Å². The van der Waals surface area contributed by atoms with Crippen molar-refractivity contribution in [2.24, 2.45) is 0 Å². The molecule has 0 unspecified atom stereocenters. The molecule has 1 aliphatic rings. The maximum absolute atomic E-state index is 12.7. The van der Waals surface area contributed by atoms with Crippen molar-refractivity contribution in [3.05, 3.63) is 47.5 Å². The average molecular weight is 351 g/mol. The number of halogens is 3. The summed E-state index contributed by atoms with van der Waals surface area (Å²) >= 11 is 0. The average Bonchev–Trinajstić information content (AvgIpc) is 2.61. The van der Waals surface area contributed by atoms with Crippen LogP contribution in [0.5, 0.6) is 0 Å². The van der Waals surface area contributed by atoms with E-state index in [2.05, 4.69) is 15.0 Å². The minimum atomic E-state index is -4.52. The monoisotopic (exact) mass is 351 g/mol. The van der Waals surface area contributed by atoms with Crippen LogP contribution in [-0.2, 0) is 6.18 Å². The Labute approximate surface area is 142 Å². The number of carbonyl (C=O) groups is 1. The number of piperazine rings is 1. The molecule has 25 heavy (non-hydrogen) atoms. The summed E-state index contributed by atoms with van der Waals surface area (Å²) in [6.45, 7) is 3.41. The first-order chi connectivity index (χ1) is 11.9. The van der Waals surface area contributed by atoms with E-state index < -0.39 is 11.9 Å². The summed E-state index contributed by atoms with van der Waals surface area (Å²) in [6.07, 6.45) is -1.22. The molecule has 132 valence electrons. The van der Waals surface area contributed by atoms with Gasteiger partial charge in [-0.2, -0.15) is 13.2 Å². The highest BCUT2D eigenvalue weighted by atomic mass is 19.4. The fourth-order valence-corrected chi connectivity index (χ4v) is 2.68. The molecular weight excluding hydrogens is 335 g/mol. The molecule has 0 atom stereocenters. The van der Waals surface area contributed by atoms with Crippen LogP contribution in [0.3, 0.4) is 0 Å². The van der Waals surface area contributed by atoms with Crippen molar-refractivity contribution in [3.63, 3.8) is 0 Å². The van der Waals surface area contributed by atoms with Gasteiger partial charge in [-0.1, -0.05) is 0 Å². The van der Waals surface area contributed by atoms with Gasteiger partial charge in [0.05, 0.1) is 11.3 Å². The van der Waals surface area contributed by atoms with Crippen molar-refractivity contribution in [1.29, 1.82) is 0 Å². The lowest BCUT2D eigenvalue weighted by Crippen LogP contribution is -2.49. The van der Waals surface area contributed by atoms with Crippen molar-refractivity contribution >= 4 is 11.9 Å². The van der Waals surface area contributed by atoms with Crippen LogP contribution >= 0.6 is 0 Å². The van der Waals surface area contributed by atoms with E-state index in [9.17, 15) is 18.0 Å². The van der Waals surface area contributed by atoms with E-state index in [1.807, 2.05) is 4.90 Å². The Morgan fingerprint density at radius 3 is 2.28 bits per heavy atom. The van der Waals surface area contributed by atoms with Crippen LogP contribution in [0.25, 0.3) is 0 Å². The molecule has 1 saturated heterocycles. The van der Waals surface area contributed by atoms with Gasteiger partial charge in [0, 0.05) is 38.6 Å². The van der Waals surface area contributed by atoms with Crippen molar-refractivity contribution in [1.82, 2.24) is 19.9 Å². The normalized spacial score (nSPS) is 15.4. The minimum absolute atomic E-state index is 0.0775. The molecule has 1 amide bonds. The molecule has 0 N–H and O–H groups in total. The van der Waals surface area contributed by atoms with Gasteiger partial charge in [-0.3, -0.25) is 4.79 Å². The van der Waals surface area contributed by atoms with Crippen LogP contribution in [0, 0.1) is 6.92 Å². The Morgan fingerprint density at radius 2 is 1.72 bits per heavy atom. The van der Waals surface area contributed by atoms with Crippen molar-refractivity contribution in [2.75, 3.05) is 31.1 Å². The summed E-state index contributed by atoms with van der Waals surface area (Å²) in [7, 11) is 0. The Balaban J connectivity index is 1.69. The maximum Gasteiger partial charge on any atom is 0.433 e. The molecule has 1 fully saturated rings. The number of hydrogen-bond donors (Lipinski definition) is 0. The van der Waals surface area contributed by atoms with E-state index in [0.29, 0.717) is 32.1 Å². The fraction of sp³-hybridized carbons (Fsp3) is 0.375. The Bertz CT molecular complexity index is 758. The molecule has 3 rings (SSSR count). The number of hydrogen-bond acceptors (Lipinski definition) is 5. The third-order valence-corrected chi connectivity index (χ3v) is 4.01. The van der Waals surface area contributed by atoms with Gasteiger partial charge >= 0.3 is 6.18 Å². The number of pyridine rings is 1. The van der Waals surface area contributed by atoms with E-state index in [0.717, 1.165) is 6.07 Å². The molecule has 0 spiro atoms. The third-order valence-electron chi connectivity index (χ3n) is 4.01. The number of nitrogens with zero attached hydrogens (tertiary/aromatic N) is 5. The summed E-state index contributed by atoms with van der Waals surface area (Å²) in [5, 5.41) is 0.